The summed E-state index contributed by atoms with van der Waals surface area (Å²) in [6, 6.07) is 0. The average Bonchev–Trinajstić information content (AvgIpc) is 0. The van der Waals surface area contributed by atoms with Gasteiger partial charge >= 0.3 is 75.5 Å². The zero-order valence-electron chi connectivity index (χ0n) is 8.98. The van der Waals surface area contributed by atoms with Crippen molar-refractivity contribution in [2.24, 2.45) is 0 Å². The van der Waals surface area contributed by atoms with E-state index in [1.54, 1.807) is 0 Å². The van der Waals surface area contributed by atoms with E-state index in [1.165, 1.54) is 0 Å². The Morgan fingerprint density at radius 2 is 0.0833 bits per heavy atom. The summed E-state index contributed by atoms with van der Waals surface area (Å²) in [7, 11) is 0. The predicted molar refractivity (Wildman–Crippen MR) is 177 cm³/mol. The van der Waals surface area contributed by atoms with Crippen molar-refractivity contribution in [3.05, 3.63) is 0 Å². The van der Waals surface area contributed by atoms with E-state index in [1.807, 2.05) is 0 Å². The molecule has 0 aliphatic carbocycles. The molecule has 0 amide bonds. The molecule has 0 N–H and O–H groups in total. The van der Waals surface area contributed by atoms with Gasteiger partial charge in [0, 0.05) is 0 Å². The third-order valence-corrected chi connectivity index (χ3v) is 0. The molecule has 0 atom stereocenters. The second kappa shape index (κ2) is 385. The minimum atomic E-state index is 0. The molecule has 0 fully saturated rings. The van der Waals surface area contributed by atoms with E-state index in [0.717, 1.165) is 0 Å². The molecule has 0 aromatic rings. The summed E-state index contributed by atoms with van der Waals surface area (Å²) in [6.45, 7) is 0. The van der Waals surface area contributed by atoms with Crippen LogP contribution >= 0.6 is 273 Å². The normalized spacial score (nSPS) is 0. The van der Waals surface area contributed by atoms with Gasteiger partial charge in [-0.25, -0.2) is 0 Å². The van der Waals surface area contributed by atoms with Crippen LogP contribution in [0.4, 0.5) is 0 Å². The van der Waals surface area contributed by atoms with Crippen LogP contribution in [0, 0.1) is 0 Å². The molecule has 0 aliphatic rings. The van der Waals surface area contributed by atoms with Crippen molar-refractivity contribution in [2.75, 3.05) is 0 Å². The Balaban J connectivity index is 0. The first-order chi connectivity index (χ1) is 0. The Hall–Kier alpha value is 8.90. The van der Waals surface area contributed by atoms with Gasteiger partial charge in [-0.1, -0.05) is 0 Å². The molecule has 0 saturated heterocycles. The van der Waals surface area contributed by atoms with Gasteiger partial charge in [0.2, 0.25) is 0 Å². The van der Waals surface area contributed by atoms with Crippen molar-refractivity contribution >= 4 is 348 Å². The van der Waals surface area contributed by atoms with Gasteiger partial charge in [-0.2, -0.15) is 0 Å². The summed E-state index contributed by atoms with van der Waals surface area (Å²) < 4.78 is 0. The van der Waals surface area contributed by atoms with Crippen molar-refractivity contribution in [2.45, 2.75) is 0 Å². The quantitative estimate of drug-likeness (QED) is 0.222. The van der Waals surface area contributed by atoms with Gasteiger partial charge in [-0.3, -0.25) is 0 Å². The summed E-state index contributed by atoms with van der Waals surface area (Å²) in [4.78, 5) is 0. The molecule has 0 spiro atoms. The Bertz CT molecular complexity index is 9.93. The van der Waals surface area contributed by atoms with Crippen molar-refractivity contribution in [1.82, 2.24) is 0 Å². The Labute approximate surface area is 341 Å². The SMILES string of the molecule is Cl.Cl.Cl.Cl.Cl.Cl.Cl.Cl.Cl.Cl.Cl.Cl.Cl.Cl.Cl.Cl.Cl.Cl.Cl.Cl.Cl.Cl.[CaH2].[CaH2]. The summed E-state index contributed by atoms with van der Waals surface area (Å²) in [6.07, 6.45) is 0. The zero-order chi connectivity index (χ0) is 0. The zero-order valence-corrected chi connectivity index (χ0v) is 26.9. The summed E-state index contributed by atoms with van der Waals surface area (Å²) in [5, 5.41) is 0. The van der Waals surface area contributed by atoms with Crippen LogP contribution in [0.25, 0.3) is 0 Å². The van der Waals surface area contributed by atoms with E-state index in [9.17, 15) is 0 Å². The molecule has 0 radical (unpaired) electrons. The number of rotatable bonds is 0. The van der Waals surface area contributed by atoms with Crippen LogP contribution in [0.15, 0.2) is 0 Å². The Morgan fingerprint density at radius 1 is 0.0833 bits per heavy atom. The number of halogens is 22. The maximum atomic E-state index is 0. The third kappa shape index (κ3) is 349. The van der Waals surface area contributed by atoms with E-state index in [0.29, 0.717) is 0 Å². The van der Waals surface area contributed by atoms with Crippen molar-refractivity contribution in [3.8, 4) is 0 Å². The van der Waals surface area contributed by atoms with Crippen LogP contribution in [0.3, 0.4) is 0 Å². The van der Waals surface area contributed by atoms with Crippen LogP contribution in [0.5, 0.6) is 0 Å². The molecule has 0 aromatic carbocycles. The van der Waals surface area contributed by atoms with E-state index < -0.39 is 0 Å². The molecule has 0 aromatic heterocycles. The molecule has 0 bridgehead atoms. The van der Waals surface area contributed by atoms with Crippen LogP contribution in [0.2, 0.25) is 0 Å². The second-order valence-corrected chi connectivity index (χ2v) is 0. The number of hydrogen-bond acceptors (Lipinski definition) is 0. The minimum absolute atomic E-state index is 0. The van der Waals surface area contributed by atoms with Gasteiger partial charge in [0.15, 0.2) is 0 Å². The summed E-state index contributed by atoms with van der Waals surface area (Å²) >= 11 is 0. The summed E-state index contributed by atoms with van der Waals surface area (Å²) in [5.41, 5.74) is 0. The molecular weight excluding hydrogens is 860 g/mol. The van der Waals surface area contributed by atoms with Crippen molar-refractivity contribution in [3.63, 3.8) is 0 Å². The Morgan fingerprint density at radius 3 is 0.0833 bits per heavy atom. The molecule has 0 rings (SSSR count). The van der Waals surface area contributed by atoms with Crippen LogP contribution in [-0.4, -0.2) is 75.5 Å². The van der Waals surface area contributed by atoms with E-state index in [4.69, 9.17) is 0 Å². The molecule has 0 saturated carbocycles. The van der Waals surface area contributed by atoms with Gasteiger partial charge < -0.3 is 0 Å². The van der Waals surface area contributed by atoms with Gasteiger partial charge in [0.05, 0.1) is 0 Å². The van der Waals surface area contributed by atoms with Crippen LogP contribution in [-0.2, 0) is 0 Å². The average molecular weight is 886 g/mol. The van der Waals surface area contributed by atoms with Crippen molar-refractivity contribution in [1.29, 1.82) is 0 Å². The fraction of sp³-hybridized carbons (Fsp3) is 0. The fourth-order valence-electron chi connectivity index (χ4n) is 0. The van der Waals surface area contributed by atoms with Gasteiger partial charge in [-0.05, 0) is 0 Å². The molecule has 0 unspecified atom stereocenters. The molecule has 24 heavy (non-hydrogen) atoms. The first-order valence-electron chi connectivity index (χ1n) is 0. The van der Waals surface area contributed by atoms with Gasteiger partial charge in [-0.15, -0.1) is 273 Å². The van der Waals surface area contributed by atoms with E-state index in [2.05, 4.69) is 0 Å². The Kier molecular flexibility index (Phi) is 6770. The molecule has 0 aliphatic heterocycles. The molecule has 0 nitrogen and oxygen atoms in total. The summed E-state index contributed by atoms with van der Waals surface area (Å²) in [5.74, 6) is 0. The van der Waals surface area contributed by atoms with Crippen LogP contribution in [0.1, 0.15) is 0 Å². The topological polar surface area (TPSA) is 0 Å². The third-order valence-electron chi connectivity index (χ3n) is 0. The first-order valence-corrected chi connectivity index (χ1v) is 0. The monoisotopic (exact) mass is 875 g/mol. The second-order valence-electron chi connectivity index (χ2n) is 0. The van der Waals surface area contributed by atoms with Crippen molar-refractivity contribution < 1.29 is 0 Å². The van der Waals surface area contributed by atoms with E-state index >= 15 is 0 Å². The van der Waals surface area contributed by atoms with Crippen LogP contribution < -0.4 is 0 Å². The molecule has 0 heterocycles. The maximum absolute atomic E-state index is 0. The van der Waals surface area contributed by atoms with Gasteiger partial charge in [0.1, 0.15) is 0 Å². The number of hydrogen-bond donors (Lipinski definition) is 0. The molecule has 24 heteroatoms. The molecule has 184 valence electrons. The first kappa shape index (κ1) is 423. The predicted octanol–water partition coefficient (Wildman–Crippen LogP) is 7.45. The van der Waals surface area contributed by atoms with E-state index in [-0.39, 0.29) is 348 Å². The molecular formula is H26Ca2Cl22. The van der Waals surface area contributed by atoms with Gasteiger partial charge in [0.25, 0.3) is 0 Å². The fourth-order valence-corrected chi connectivity index (χ4v) is 0. The standard InChI is InChI=1S/2Ca.22ClH.4H/h;;22*1H;;;;.